The lowest BCUT2D eigenvalue weighted by atomic mass is 9.96. The quantitative estimate of drug-likeness (QED) is 0.386. The molecule has 0 saturated carbocycles. The van der Waals surface area contributed by atoms with E-state index in [0.29, 0.717) is 36.0 Å². The van der Waals surface area contributed by atoms with Crippen LogP contribution in [0.2, 0.25) is 5.02 Å². The molecule has 0 bridgehead atoms. The SMILES string of the molecule is CCc1c(CCOC(=O)[C@]2(O)CCCN2)cccc1-c1nsc(-c2ccc(OC(C)C)c(Cl)c2)n1. The smallest absolute Gasteiger partial charge is 0.353 e. The fourth-order valence-electron chi connectivity index (χ4n) is 4.20. The maximum Gasteiger partial charge on any atom is 0.353 e. The Morgan fingerprint density at radius 1 is 1.31 bits per heavy atom. The first-order valence-corrected chi connectivity index (χ1v) is 13.0. The molecule has 1 aliphatic heterocycles. The lowest BCUT2D eigenvalue weighted by Gasteiger charge is -2.20. The van der Waals surface area contributed by atoms with Gasteiger partial charge in [-0.2, -0.15) is 4.37 Å². The Morgan fingerprint density at radius 2 is 2.14 bits per heavy atom. The molecule has 2 N–H and O–H groups in total. The molecule has 0 spiro atoms. The summed E-state index contributed by atoms with van der Waals surface area (Å²) in [6, 6.07) is 11.6. The number of rotatable bonds is 9. The monoisotopic (exact) mass is 515 g/mol. The number of halogens is 1. The summed E-state index contributed by atoms with van der Waals surface area (Å²) in [7, 11) is 0. The highest BCUT2D eigenvalue weighted by molar-refractivity contribution is 7.09. The summed E-state index contributed by atoms with van der Waals surface area (Å²) in [6.07, 6.45) is 2.49. The van der Waals surface area contributed by atoms with Crippen molar-refractivity contribution in [3.8, 4) is 27.7 Å². The Hall–Kier alpha value is -2.52. The second kappa shape index (κ2) is 11.0. The van der Waals surface area contributed by atoms with Gasteiger partial charge in [-0.25, -0.2) is 9.78 Å². The van der Waals surface area contributed by atoms with E-state index in [4.69, 9.17) is 26.1 Å². The number of carbonyl (C=O) groups excluding carboxylic acids is 1. The molecule has 9 heteroatoms. The van der Waals surface area contributed by atoms with Crippen LogP contribution in [0.3, 0.4) is 0 Å². The Morgan fingerprint density at radius 3 is 2.83 bits per heavy atom. The third-order valence-corrected chi connectivity index (χ3v) is 6.97. The molecule has 0 aliphatic carbocycles. The zero-order chi connectivity index (χ0) is 25.0. The zero-order valence-corrected chi connectivity index (χ0v) is 21.7. The maximum atomic E-state index is 12.3. The summed E-state index contributed by atoms with van der Waals surface area (Å²) in [5.41, 5.74) is 2.47. The number of nitrogens with one attached hydrogen (secondary N) is 1. The molecule has 2 heterocycles. The fraction of sp³-hybridized carbons (Fsp3) is 0.423. The summed E-state index contributed by atoms with van der Waals surface area (Å²) in [6.45, 7) is 6.80. The van der Waals surface area contributed by atoms with Gasteiger partial charge in [-0.1, -0.05) is 36.7 Å². The van der Waals surface area contributed by atoms with Crippen LogP contribution in [0.4, 0.5) is 0 Å². The molecule has 3 aromatic rings. The van der Waals surface area contributed by atoms with Gasteiger partial charge in [0.05, 0.1) is 17.7 Å². The molecular formula is C26H30ClN3O4S. The van der Waals surface area contributed by atoms with Crippen molar-refractivity contribution < 1.29 is 19.4 Å². The van der Waals surface area contributed by atoms with Gasteiger partial charge < -0.3 is 14.6 Å². The first-order valence-electron chi connectivity index (χ1n) is 11.9. The molecule has 4 rings (SSSR count). The van der Waals surface area contributed by atoms with E-state index in [9.17, 15) is 9.90 Å². The van der Waals surface area contributed by atoms with Crippen LogP contribution in [0.1, 0.15) is 44.7 Å². The van der Waals surface area contributed by atoms with Crippen molar-refractivity contribution in [2.75, 3.05) is 13.2 Å². The van der Waals surface area contributed by atoms with Crippen molar-refractivity contribution in [2.24, 2.45) is 0 Å². The van der Waals surface area contributed by atoms with E-state index >= 15 is 0 Å². The second-order valence-corrected chi connectivity index (χ2v) is 9.97. The first-order chi connectivity index (χ1) is 16.8. The molecule has 7 nitrogen and oxygen atoms in total. The van der Waals surface area contributed by atoms with Crippen molar-refractivity contribution in [1.82, 2.24) is 14.7 Å². The van der Waals surface area contributed by atoms with E-state index in [2.05, 4.69) is 16.6 Å². The van der Waals surface area contributed by atoms with Crippen molar-refractivity contribution in [1.29, 1.82) is 0 Å². The minimum atomic E-state index is -1.56. The Labute approximate surface area is 214 Å². The van der Waals surface area contributed by atoms with E-state index < -0.39 is 11.7 Å². The average molecular weight is 516 g/mol. The number of aliphatic hydroxyl groups is 1. The van der Waals surface area contributed by atoms with Gasteiger partial charge in [0.1, 0.15) is 10.8 Å². The zero-order valence-electron chi connectivity index (χ0n) is 20.1. The number of aromatic nitrogens is 2. The van der Waals surface area contributed by atoms with Crippen molar-refractivity contribution >= 4 is 29.1 Å². The molecule has 1 aromatic heterocycles. The number of benzene rings is 2. The summed E-state index contributed by atoms with van der Waals surface area (Å²) in [4.78, 5) is 17.0. The molecule has 1 saturated heterocycles. The van der Waals surface area contributed by atoms with E-state index in [1.54, 1.807) is 0 Å². The van der Waals surface area contributed by atoms with Crippen LogP contribution in [0.15, 0.2) is 36.4 Å². The van der Waals surface area contributed by atoms with Crippen LogP contribution in [-0.2, 0) is 22.4 Å². The normalized spacial score (nSPS) is 17.7. The number of carbonyl (C=O) groups is 1. The lowest BCUT2D eigenvalue weighted by Crippen LogP contribution is -2.48. The molecule has 0 unspecified atom stereocenters. The highest BCUT2D eigenvalue weighted by Gasteiger charge is 2.40. The molecule has 0 radical (unpaired) electrons. The van der Waals surface area contributed by atoms with E-state index in [1.807, 2.05) is 50.2 Å². The summed E-state index contributed by atoms with van der Waals surface area (Å²) in [5, 5.41) is 14.4. The topological polar surface area (TPSA) is 93.6 Å². The number of hydrogen-bond donors (Lipinski definition) is 2. The number of esters is 1. The number of ether oxygens (including phenoxy) is 2. The van der Waals surface area contributed by atoms with Gasteiger partial charge in [0.25, 0.3) is 0 Å². The third-order valence-electron chi connectivity index (χ3n) is 5.91. The fourth-order valence-corrected chi connectivity index (χ4v) is 5.10. The van der Waals surface area contributed by atoms with Crippen LogP contribution in [0, 0.1) is 0 Å². The minimum absolute atomic E-state index is 0.0406. The van der Waals surface area contributed by atoms with Crippen molar-refractivity contribution in [3.63, 3.8) is 0 Å². The molecule has 1 aliphatic rings. The van der Waals surface area contributed by atoms with Crippen LogP contribution in [0.25, 0.3) is 22.0 Å². The van der Waals surface area contributed by atoms with Gasteiger partial charge in [-0.3, -0.25) is 5.32 Å². The van der Waals surface area contributed by atoms with Gasteiger partial charge in [0.2, 0.25) is 5.72 Å². The molecule has 2 aromatic carbocycles. The predicted molar refractivity (Wildman–Crippen MR) is 138 cm³/mol. The van der Waals surface area contributed by atoms with Gasteiger partial charge in [0, 0.05) is 24.0 Å². The van der Waals surface area contributed by atoms with Gasteiger partial charge >= 0.3 is 5.97 Å². The summed E-state index contributed by atoms with van der Waals surface area (Å²) < 4.78 is 15.7. The molecule has 0 amide bonds. The first kappa shape index (κ1) is 25.6. The maximum absolute atomic E-state index is 12.3. The molecule has 186 valence electrons. The lowest BCUT2D eigenvalue weighted by molar-refractivity contribution is -0.167. The molecular weight excluding hydrogens is 486 g/mol. The number of nitrogens with zero attached hydrogens (tertiary/aromatic N) is 2. The summed E-state index contributed by atoms with van der Waals surface area (Å²) >= 11 is 7.73. The largest absolute Gasteiger partial charge is 0.489 e. The number of hydrogen-bond acceptors (Lipinski definition) is 8. The highest BCUT2D eigenvalue weighted by Crippen LogP contribution is 2.34. The molecule has 35 heavy (non-hydrogen) atoms. The third kappa shape index (κ3) is 5.83. The second-order valence-electron chi connectivity index (χ2n) is 8.81. The average Bonchev–Trinajstić information content (AvgIpc) is 3.50. The molecule has 1 atom stereocenters. The molecule has 1 fully saturated rings. The highest BCUT2D eigenvalue weighted by atomic mass is 35.5. The Bertz CT molecular complexity index is 1190. The van der Waals surface area contributed by atoms with Gasteiger partial charge in [-0.15, -0.1) is 0 Å². The van der Waals surface area contributed by atoms with Crippen molar-refractivity contribution in [3.05, 3.63) is 52.5 Å². The van der Waals surface area contributed by atoms with Gasteiger partial charge in [0.15, 0.2) is 5.82 Å². The van der Waals surface area contributed by atoms with Crippen molar-refractivity contribution in [2.45, 2.75) is 58.3 Å². The predicted octanol–water partition coefficient (Wildman–Crippen LogP) is 5.03. The summed E-state index contributed by atoms with van der Waals surface area (Å²) in [5.74, 6) is 0.690. The van der Waals surface area contributed by atoms with Gasteiger partial charge in [-0.05, 0) is 74.1 Å². The Kier molecular flexibility index (Phi) is 8.06. The van der Waals surface area contributed by atoms with E-state index in [1.165, 1.54) is 11.5 Å². The van der Waals surface area contributed by atoms with Crippen LogP contribution < -0.4 is 10.1 Å². The standard InChI is InChI=1S/C26H30ClN3O4S/c1-4-19-17(11-14-33-25(31)26(32)12-6-13-28-26)7-5-8-20(19)23-29-24(35-30-23)18-9-10-22(21(27)15-18)34-16(2)3/h5,7-10,15-16,28,32H,4,6,11-14H2,1-3H3/t26-/m1/s1. The van der Waals surface area contributed by atoms with E-state index in [-0.39, 0.29) is 12.7 Å². The Balaban J connectivity index is 1.49. The van der Waals surface area contributed by atoms with Crippen LogP contribution in [-0.4, -0.2) is 45.4 Å². The van der Waals surface area contributed by atoms with E-state index in [0.717, 1.165) is 40.1 Å². The van der Waals surface area contributed by atoms with Crippen LogP contribution in [0.5, 0.6) is 5.75 Å². The minimum Gasteiger partial charge on any atom is -0.489 e. The van der Waals surface area contributed by atoms with Crippen LogP contribution >= 0.6 is 23.1 Å².